The van der Waals surface area contributed by atoms with Crippen LogP contribution < -0.4 is 9.47 Å². The van der Waals surface area contributed by atoms with E-state index < -0.39 is 5.97 Å². The molecule has 0 bridgehead atoms. The van der Waals surface area contributed by atoms with Crippen molar-refractivity contribution >= 4 is 17.3 Å². The molecule has 3 rings (SSSR count). The highest BCUT2D eigenvalue weighted by Crippen LogP contribution is 2.20. The zero-order valence-electron chi connectivity index (χ0n) is 12.5. The second-order valence-corrected chi connectivity index (χ2v) is 5.51. The number of aromatic nitrogens is 1. The fourth-order valence-electron chi connectivity index (χ4n) is 1.99. The van der Waals surface area contributed by atoms with E-state index in [1.54, 1.807) is 54.0 Å². The number of rotatable bonds is 5. The number of ether oxygens (including phenoxy) is 2. The van der Waals surface area contributed by atoms with Crippen LogP contribution >= 0.6 is 11.3 Å². The second kappa shape index (κ2) is 7.40. The lowest BCUT2D eigenvalue weighted by atomic mass is 10.2. The van der Waals surface area contributed by atoms with Crippen LogP contribution in [0.4, 0.5) is 0 Å². The van der Waals surface area contributed by atoms with E-state index in [-0.39, 0.29) is 5.75 Å². The smallest absolute Gasteiger partial charge is 0.343 e. The number of nitrogens with zero attached hydrogens (tertiary/aromatic N) is 2. The molecule has 5 nitrogen and oxygen atoms in total. The Morgan fingerprint density at radius 3 is 2.88 bits per heavy atom. The molecule has 118 valence electrons. The molecule has 3 aromatic rings. The second-order valence-electron chi connectivity index (χ2n) is 4.79. The van der Waals surface area contributed by atoms with Crippen LogP contribution in [0, 0.1) is 11.3 Å². The van der Waals surface area contributed by atoms with E-state index in [9.17, 15) is 4.79 Å². The van der Waals surface area contributed by atoms with Gasteiger partial charge in [0.15, 0.2) is 0 Å². The van der Waals surface area contributed by atoms with Gasteiger partial charge in [0.05, 0.1) is 22.3 Å². The maximum Gasteiger partial charge on any atom is 0.343 e. The summed E-state index contributed by atoms with van der Waals surface area (Å²) in [5, 5.41) is 10.9. The van der Waals surface area contributed by atoms with Gasteiger partial charge in [0.1, 0.15) is 24.2 Å². The summed E-state index contributed by atoms with van der Waals surface area (Å²) < 4.78 is 10.9. The number of carbonyl (C=O) groups excluding carboxylic acids is 1. The van der Waals surface area contributed by atoms with Crippen LogP contribution in [0.5, 0.6) is 11.5 Å². The number of hydrogen-bond donors (Lipinski definition) is 0. The Kier molecular flexibility index (Phi) is 4.84. The Morgan fingerprint density at radius 2 is 2.08 bits per heavy atom. The van der Waals surface area contributed by atoms with Crippen LogP contribution in [0.3, 0.4) is 0 Å². The highest BCUT2D eigenvalue weighted by atomic mass is 32.1. The molecule has 0 amide bonds. The molecule has 0 unspecified atom stereocenters. The number of para-hydroxylation sites is 1. The van der Waals surface area contributed by atoms with Crippen molar-refractivity contribution in [3.8, 4) is 17.6 Å². The molecule has 2 aromatic carbocycles. The summed E-state index contributed by atoms with van der Waals surface area (Å²) in [6, 6.07) is 15.3. The largest absolute Gasteiger partial charge is 0.487 e. The van der Waals surface area contributed by atoms with Crippen molar-refractivity contribution in [1.29, 1.82) is 5.26 Å². The minimum Gasteiger partial charge on any atom is -0.487 e. The number of hydrogen-bond acceptors (Lipinski definition) is 6. The third-order valence-electron chi connectivity index (χ3n) is 3.15. The topological polar surface area (TPSA) is 72.2 Å². The van der Waals surface area contributed by atoms with E-state index in [0.29, 0.717) is 23.5 Å². The number of carbonyl (C=O) groups is 1. The molecule has 0 aliphatic carbocycles. The molecule has 0 saturated carbocycles. The van der Waals surface area contributed by atoms with Crippen LogP contribution in [0.15, 0.2) is 59.4 Å². The van der Waals surface area contributed by atoms with Gasteiger partial charge in [-0.05, 0) is 30.3 Å². The van der Waals surface area contributed by atoms with Gasteiger partial charge in [-0.3, -0.25) is 0 Å². The lowest BCUT2D eigenvalue weighted by Crippen LogP contribution is -2.09. The van der Waals surface area contributed by atoms with Crippen molar-refractivity contribution in [2.45, 2.75) is 6.61 Å². The predicted octanol–water partition coefficient (Wildman–Crippen LogP) is 3.81. The van der Waals surface area contributed by atoms with Crippen molar-refractivity contribution in [2.75, 3.05) is 0 Å². The van der Waals surface area contributed by atoms with E-state index in [1.807, 2.05) is 11.4 Å². The van der Waals surface area contributed by atoms with Gasteiger partial charge >= 0.3 is 5.97 Å². The van der Waals surface area contributed by atoms with Gasteiger partial charge in [0.2, 0.25) is 0 Å². The molecule has 0 atom stereocenters. The van der Waals surface area contributed by atoms with Crippen molar-refractivity contribution < 1.29 is 14.3 Å². The number of benzene rings is 2. The van der Waals surface area contributed by atoms with Crippen LogP contribution in [0.2, 0.25) is 0 Å². The molecule has 0 radical (unpaired) electrons. The van der Waals surface area contributed by atoms with Gasteiger partial charge in [0.25, 0.3) is 0 Å². The summed E-state index contributed by atoms with van der Waals surface area (Å²) >= 11 is 1.50. The summed E-state index contributed by atoms with van der Waals surface area (Å²) in [5.74, 6) is 0.238. The molecule has 24 heavy (non-hydrogen) atoms. The Hall–Kier alpha value is -3.17. The Morgan fingerprint density at radius 1 is 1.21 bits per heavy atom. The zero-order chi connectivity index (χ0) is 16.8. The van der Waals surface area contributed by atoms with Crippen molar-refractivity contribution in [1.82, 2.24) is 4.98 Å². The van der Waals surface area contributed by atoms with Crippen molar-refractivity contribution in [3.05, 3.63) is 76.2 Å². The average molecular weight is 336 g/mol. The van der Waals surface area contributed by atoms with E-state index in [2.05, 4.69) is 4.98 Å². The van der Waals surface area contributed by atoms with Crippen LogP contribution in [0.1, 0.15) is 21.6 Å². The first-order valence-electron chi connectivity index (χ1n) is 7.07. The van der Waals surface area contributed by atoms with E-state index in [1.165, 1.54) is 11.3 Å². The monoisotopic (exact) mass is 336 g/mol. The minimum absolute atomic E-state index is 0.235. The van der Waals surface area contributed by atoms with Gasteiger partial charge in [0, 0.05) is 5.38 Å². The molecular weight excluding hydrogens is 324 g/mol. The maximum absolute atomic E-state index is 12.3. The summed E-state index contributed by atoms with van der Waals surface area (Å²) in [7, 11) is 0. The number of esters is 1. The predicted molar refractivity (Wildman–Crippen MR) is 89.0 cm³/mol. The fourth-order valence-corrected chi connectivity index (χ4v) is 2.53. The lowest BCUT2D eigenvalue weighted by Gasteiger charge is -2.08. The van der Waals surface area contributed by atoms with Gasteiger partial charge in [-0.25, -0.2) is 9.78 Å². The first-order valence-corrected chi connectivity index (χ1v) is 8.02. The quantitative estimate of drug-likeness (QED) is 0.523. The standard InChI is InChI=1S/C18H12N2O3S/c19-9-14-4-1-2-7-17(14)23-18(21)13-5-3-6-16(8-13)22-10-15-11-24-12-20-15/h1-8,11-12H,10H2. The first kappa shape index (κ1) is 15.7. The molecule has 0 aliphatic rings. The molecule has 0 aliphatic heterocycles. The van der Waals surface area contributed by atoms with Crippen molar-refractivity contribution in [3.63, 3.8) is 0 Å². The molecule has 0 spiro atoms. The van der Waals surface area contributed by atoms with Gasteiger partial charge in [-0.2, -0.15) is 5.26 Å². The average Bonchev–Trinajstić information content (AvgIpc) is 3.14. The van der Waals surface area contributed by atoms with Crippen LogP contribution in [-0.2, 0) is 6.61 Å². The molecular formula is C18H12N2O3S. The van der Waals surface area contributed by atoms with Crippen LogP contribution in [0.25, 0.3) is 0 Å². The van der Waals surface area contributed by atoms with E-state index in [4.69, 9.17) is 14.7 Å². The minimum atomic E-state index is -0.545. The third kappa shape index (κ3) is 3.77. The lowest BCUT2D eigenvalue weighted by molar-refractivity contribution is 0.0733. The highest BCUT2D eigenvalue weighted by molar-refractivity contribution is 7.07. The number of thiazole rings is 1. The summed E-state index contributed by atoms with van der Waals surface area (Å²) in [5.41, 5.74) is 3.22. The Labute approximate surface area is 142 Å². The molecule has 1 heterocycles. The molecule has 0 N–H and O–H groups in total. The summed E-state index contributed by atoms with van der Waals surface area (Å²) in [4.78, 5) is 16.4. The van der Waals surface area contributed by atoms with Crippen LogP contribution in [-0.4, -0.2) is 11.0 Å². The third-order valence-corrected chi connectivity index (χ3v) is 3.79. The highest BCUT2D eigenvalue weighted by Gasteiger charge is 2.12. The molecule has 6 heteroatoms. The molecule has 0 saturated heterocycles. The zero-order valence-corrected chi connectivity index (χ0v) is 13.3. The Balaban J connectivity index is 1.71. The fraction of sp³-hybridized carbons (Fsp3) is 0.0556. The Bertz CT molecular complexity index is 885. The summed E-state index contributed by atoms with van der Waals surface area (Å²) in [6.45, 7) is 0.333. The SMILES string of the molecule is N#Cc1ccccc1OC(=O)c1cccc(OCc2cscn2)c1. The van der Waals surface area contributed by atoms with Gasteiger partial charge in [-0.15, -0.1) is 11.3 Å². The molecule has 1 aromatic heterocycles. The number of nitriles is 1. The van der Waals surface area contributed by atoms with E-state index >= 15 is 0 Å². The maximum atomic E-state index is 12.3. The van der Waals surface area contributed by atoms with Gasteiger partial charge in [-0.1, -0.05) is 18.2 Å². The normalized spacial score (nSPS) is 9.96. The van der Waals surface area contributed by atoms with Crippen molar-refractivity contribution in [2.24, 2.45) is 0 Å². The molecule has 0 fully saturated rings. The first-order chi connectivity index (χ1) is 11.8. The van der Waals surface area contributed by atoms with Gasteiger partial charge < -0.3 is 9.47 Å². The summed E-state index contributed by atoms with van der Waals surface area (Å²) in [6.07, 6.45) is 0. The van der Waals surface area contributed by atoms with E-state index in [0.717, 1.165) is 5.69 Å².